The third-order valence-corrected chi connectivity index (χ3v) is 4.93. The number of anilines is 1. The van der Waals surface area contributed by atoms with E-state index in [4.69, 9.17) is 4.74 Å². The lowest BCUT2D eigenvalue weighted by atomic mass is 10.2. The van der Waals surface area contributed by atoms with E-state index < -0.39 is 0 Å². The molecule has 0 unspecified atom stereocenters. The van der Waals surface area contributed by atoms with Crippen molar-refractivity contribution in [1.82, 2.24) is 9.88 Å². The van der Waals surface area contributed by atoms with E-state index >= 15 is 0 Å². The van der Waals surface area contributed by atoms with E-state index in [0.29, 0.717) is 18.8 Å². The van der Waals surface area contributed by atoms with Crippen molar-refractivity contribution in [3.63, 3.8) is 0 Å². The maximum atomic E-state index is 12.8. The summed E-state index contributed by atoms with van der Waals surface area (Å²) < 4.78 is 6.59. The Morgan fingerprint density at radius 3 is 2.64 bits per heavy atom. The van der Waals surface area contributed by atoms with Crippen molar-refractivity contribution in [2.24, 2.45) is 0 Å². The zero-order valence-electron chi connectivity index (χ0n) is 15.0. The average Bonchev–Trinajstić information content (AvgIpc) is 3.07. The molecule has 25 heavy (non-hydrogen) atoms. The van der Waals surface area contributed by atoms with Crippen molar-refractivity contribution in [1.29, 1.82) is 0 Å². The number of carbonyl (C=O) groups excluding carboxylic acids is 1. The zero-order chi connectivity index (χ0) is 18.0. The van der Waals surface area contributed by atoms with Crippen molar-refractivity contribution >= 4 is 33.1 Å². The fraction of sp³-hybridized carbons (Fsp3) is 0.316. The monoisotopic (exact) mass is 357 g/mol. The number of nitrogens with zero attached hydrogens (tertiary/aromatic N) is 1. The topological polar surface area (TPSA) is 57.4 Å². The lowest BCUT2D eigenvalue weighted by Gasteiger charge is -2.11. The lowest BCUT2D eigenvalue weighted by Crippen LogP contribution is -2.18. The van der Waals surface area contributed by atoms with Crippen LogP contribution in [0, 0.1) is 6.92 Å². The molecular weight excluding hydrogens is 334 g/mol. The first-order chi connectivity index (χ1) is 12.0. The molecule has 2 N–H and O–H groups in total. The van der Waals surface area contributed by atoms with Gasteiger partial charge < -0.3 is 19.9 Å². The van der Waals surface area contributed by atoms with Gasteiger partial charge in [-0.25, -0.2) is 0 Å². The van der Waals surface area contributed by atoms with Crippen LogP contribution in [0.15, 0.2) is 30.3 Å². The summed E-state index contributed by atoms with van der Waals surface area (Å²) >= 11 is 1.72. The molecule has 5 nitrogen and oxygen atoms in total. The summed E-state index contributed by atoms with van der Waals surface area (Å²) in [4.78, 5) is 19.4. The highest BCUT2D eigenvalue weighted by molar-refractivity contribution is 7.19. The van der Waals surface area contributed by atoms with Crippen molar-refractivity contribution < 1.29 is 9.53 Å². The van der Waals surface area contributed by atoms with Gasteiger partial charge in [-0.3, -0.25) is 4.79 Å². The lowest BCUT2D eigenvalue weighted by molar-refractivity contribution is 0.102. The van der Waals surface area contributed by atoms with Crippen LogP contribution >= 0.6 is 11.3 Å². The molecule has 0 aliphatic heterocycles. The van der Waals surface area contributed by atoms with Gasteiger partial charge in [0.05, 0.1) is 16.8 Å². The quantitative estimate of drug-likeness (QED) is 0.693. The molecular formula is C19H23N3O2S. The summed E-state index contributed by atoms with van der Waals surface area (Å²) in [5, 5.41) is 2.97. The Labute approximate surface area is 151 Å². The van der Waals surface area contributed by atoms with Gasteiger partial charge in [0.25, 0.3) is 5.91 Å². The van der Waals surface area contributed by atoms with Gasteiger partial charge in [-0.1, -0.05) is 0 Å². The molecule has 0 atom stereocenters. The molecule has 1 amide bonds. The van der Waals surface area contributed by atoms with E-state index in [1.165, 1.54) is 4.88 Å². The Morgan fingerprint density at radius 2 is 2.00 bits per heavy atom. The Morgan fingerprint density at radius 1 is 1.28 bits per heavy atom. The number of carbonyl (C=O) groups is 1. The number of aromatic nitrogens is 1. The van der Waals surface area contributed by atoms with Crippen molar-refractivity contribution in [2.75, 3.05) is 26.0 Å². The summed E-state index contributed by atoms with van der Waals surface area (Å²) in [5.41, 5.74) is 3.44. The second-order valence-corrected chi connectivity index (χ2v) is 7.48. The first-order valence-corrected chi connectivity index (χ1v) is 9.09. The van der Waals surface area contributed by atoms with Crippen LogP contribution in [-0.2, 0) is 6.54 Å². The standard InChI is InChI=1S/C19H23N3O2S/c1-5-24-14-8-6-13(7-9-14)20-19(23)17-15(11-22(3)4)18-16(21-17)10-12(2)25-18/h6-10,21H,5,11H2,1-4H3,(H,20,23). The van der Waals surface area contributed by atoms with Gasteiger partial charge >= 0.3 is 0 Å². The first kappa shape index (κ1) is 17.5. The van der Waals surface area contributed by atoms with E-state index in [-0.39, 0.29) is 5.91 Å². The number of thiophene rings is 1. The maximum Gasteiger partial charge on any atom is 0.272 e. The predicted octanol–water partition coefficient (Wildman–Crippen LogP) is 4.25. The van der Waals surface area contributed by atoms with Gasteiger partial charge in [0, 0.05) is 22.7 Å². The van der Waals surface area contributed by atoms with E-state index in [0.717, 1.165) is 27.2 Å². The van der Waals surface area contributed by atoms with Crippen molar-refractivity contribution in [3.8, 4) is 5.75 Å². The van der Waals surface area contributed by atoms with E-state index in [1.807, 2.05) is 45.3 Å². The molecule has 0 saturated heterocycles. The SMILES string of the molecule is CCOc1ccc(NC(=O)c2[nH]c3cc(C)sc3c2CN(C)C)cc1. The molecule has 3 aromatic rings. The van der Waals surface area contributed by atoms with Crippen LogP contribution in [0.25, 0.3) is 10.2 Å². The second-order valence-electron chi connectivity index (χ2n) is 6.23. The van der Waals surface area contributed by atoms with Crippen LogP contribution in [0.4, 0.5) is 5.69 Å². The molecule has 6 heteroatoms. The molecule has 0 spiro atoms. The highest BCUT2D eigenvalue weighted by Gasteiger charge is 2.20. The molecule has 0 aliphatic rings. The summed E-state index contributed by atoms with van der Waals surface area (Å²) in [7, 11) is 4.01. The smallest absolute Gasteiger partial charge is 0.272 e. The minimum absolute atomic E-state index is 0.123. The predicted molar refractivity (Wildman–Crippen MR) is 104 cm³/mol. The molecule has 0 aliphatic carbocycles. The molecule has 0 fully saturated rings. The first-order valence-electron chi connectivity index (χ1n) is 8.28. The van der Waals surface area contributed by atoms with Crippen LogP contribution in [0.5, 0.6) is 5.75 Å². The maximum absolute atomic E-state index is 12.8. The normalized spacial score (nSPS) is 11.2. The average molecular weight is 357 g/mol. The van der Waals surface area contributed by atoms with Crippen LogP contribution in [-0.4, -0.2) is 36.5 Å². The number of nitrogens with one attached hydrogen (secondary N) is 2. The Kier molecular flexibility index (Phi) is 5.11. The summed E-state index contributed by atoms with van der Waals surface area (Å²) in [6, 6.07) is 9.51. The minimum Gasteiger partial charge on any atom is -0.494 e. The Hall–Kier alpha value is -2.31. The molecule has 0 radical (unpaired) electrons. The Bertz CT molecular complexity index is 878. The van der Waals surface area contributed by atoms with Gasteiger partial charge in [0.1, 0.15) is 11.4 Å². The molecule has 2 heterocycles. The molecule has 2 aromatic heterocycles. The Balaban J connectivity index is 1.87. The van der Waals surface area contributed by atoms with E-state index in [1.54, 1.807) is 11.3 Å². The molecule has 0 saturated carbocycles. The largest absolute Gasteiger partial charge is 0.494 e. The molecule has 132 valence electrons. The van der Waals surface area contributed by atoms with Crippen molar-refractivity contribution in [2.45, 2.75) is 20.4 Å². The van der Waals surface area contributed by atoms with Crippen molar-refractivity contribution in [3.05, 3.63) is 46.5 Å². The number of aryl methyl sites for hydroxylation is 1. The third kappa shape index (κ3) is 3.86. The fourth-order valence-electron chi connectivity index (χ4n) is 2.81. The third-order valence-electron chi connectivity index (χ3n) is 3.82. The fourth-order valence-corrected chi connectivity index (χ4v) is 3.82. The molecule has 3 rings (SSSR count). The number of fused-ring (bicyclic) bond motifs is 1. The summed E-state index contributed by atoms with van der Waals surface area (Å²) in [5.74, 6) is 0.673. The summed E-state index contributed by atoms with van der Waals surface area (Å²) in [6.07, 6.45) is 0. The van der Waals surface area contributed by atoms with Gasteiger partial charge in [-0.15, -0.1) is 11.3 Å². The van der Waals surface area contributed by atoms with Crippen LogP contribution in [0.2, 0.25) is 0 Å². The number of hydrogen-bond donors (Lipinski definition) is 2. The zero-order valence-corrected chi connectivity index (χ0v) is 15.8. The highest BCUT2D eigenvalue weighted by atomic mass is 32.1. The van der Waals surface area contributed by atoms with Gasteiger partial charge in [-0.05, 0) is 58.3 Å². The number of hydrogen-bond acceptors (Lipinski definition) is 4. The van der Waals surface area contributed by atoms with Gasteiger partial charge in [0.2, 0.25) is 0 Å². The molecule has 1 aromatic carbocycles. The van der Waals surface area contributed by atoms with Crippen LogP contribution in [0.1, 0.15) is 27.9 Å². The van der Waals surface area contributed by atoms with Gasteiger partial charge in [0.15, 0.2) is 0 Å². The van der Waals surface area contributed by atoms with Crippen LogP contribution < -0.4 is 10.1 Å². The van der Waals surface area contributed by atoms with Gasteiger partial charge in [-0.2, -0.15) is 0 Å². The number of aromatic amines is 1. The highest BCUT2D eigenvalue weighted by Crippen LogP contribution is 2.31. The number of H-pyrrole nitrogens is 1. The number of amides is 1. The number of benzene rings is 1. The van der Waals surface area contributed by atoms with E-state index in [2.05, 4.69) is 28.2 Å². The second kappa shape index (κ2) is 7.29. The molecule has 0 bridgehead atoms. The minimum atomic E-state index is -0.123. The van der Waals surface area contributed by atoms with Crippen LogP contribution in [0.3, 0.4) is 0 Å². The number of rotatable bonds is 6. The van der Waals surface area contributed by atoms with E-state index in [9.17, 15) is 4.79 Å². The summed E-state index contributed by atoms with van der Waals surface area (Å²) in [6.45, 7) is 5.36. The number of ether oxygens (including phenoxy) is 1.